The van der Waals surface area contributed by atoms with Crippen LogP contribution in [0.4, 0.5) is 0 Å². The van der Waals surface area contributed by atoms with Gasteiger partial charge in [0.15, 0.2) is 0 Å². The summed E-state index contributed by atoms with van der Waals surface area (Å²) in [7, 11) is 0. The minimum absolute atomic E-state index is 0.435. The highest BCUT2D eigenvalue weighted by molar-refractivity contribution is 5.26. The number of nitrogens with one attached hydrogen (secondary N) is 1. The quantitative estimate of drug-likeness (QED) is 0.914. The summed E-state index contributed by atoms with van der Waals surface area (Å²) in [6.07, 6.45) is 6.65. The molecular weight excluding hydrogens is 244 g/mol. The zero-order valence-electron chi connectivity index (χ0n) is 12.1. The zero-order chi connectivity index (χ0) is 13.8. The Kier molecular flexibility index (Phi) is 4.12. The molecule has 0 saturated carbocycles. The smallest absolute Gasteiger partial charge is 0.0605 e. The molecule has 0 aliphatic heterocycles. The van der Waals surface area contributed by atoms with E-state index in [0.29, 0.717) is 6.04 Å². The second kappa shape index (κ2) is 6.19. The molecule has 104 valence electrons. The van der Waals surface area contributed by atoms with Gasteiger partial charge in [-0.25, -0.2) is 0 Å². The van der Waals surface area contributed by atoms with Crippen molar-refractivity contribution in [1.82, 2.24) is 10.3 Å². The van der Waals surface area contributed by atoms with Crippen molar-refractivity contribution < 1.29 is 0 Å². The van der Waals surface area contributed by atoms with Gasteiger partial charge in [0.2, 0.25) is 0 Å². The van der Waals surface area contributed by atoms with Crippen molar-refractivity contribution in [2.75, 3.05) is 6.54 Å². The number of rotatable bonds is 4. The molecule has 1 aromatic heterocycles. The maximum Gasteiger partial charge on any atom is 0.0605 e. The van der Waals surface area contributed by atoms with Crippen LogP contribution in [0.2, 0.25) is 0 Å². The van der Waals surface area contributed by atoms with Crippen LogP contribution in [0.3, 0.4) is 0 Å². The molecule has 0 saturated heterocycles. The zero-order valence-corrected chi connectivity index (χ0v) is 12.1. The van der Waals surface area contributed by atoms with E-state index in [4.69, 9.17) is 0 Å². The minimum Gasteiger partial charge on any atom is -0.308 e. The van der Waals surface area contributed by atoms with E-state index in [1.807, 2.05) is 12.3 Å². The number of aromatic nitrogens is 1. The Morgan fingerprint density at radius 1 is 1.25 bits per heavy atom. The summed E-state index contributed by atoms with van der Waals surface area (Å²) >= 11 is 0. The molecule has 1 aliphatic rings. The van der Waals surface area contributed by atoms with Crippen molar-refractivity contribution in [2.24, 2.45) is 0 Å². The average molecular weight is 266 g/mol. The van der Waals surface area contributed by atoms with Crippen LogP contribution in [-0.2, 0) is 12.8 Å². The van der Waals surface area contributed by atoms with E-state index in [9.17, 15) is 0 Å². The van der Waals surface area contributed by atoms with Gasteiger partial charge in [0.25, 0.3) is 0 Å². The first-order chi connectivity index (χ1) is 9.83. The molecule has 1 aliphatic carbocycles. The first-order valence-corrected chi connectivity index (χ1v) is 7.55. The van der Waals surface area contributed by atoms with Crippen molar-refractivity contribution in [3.63, 3.8) is 0 Å². The lowest BCUT2D eigenvalue weighted by atomic mass is 9.92. The fourth-order valence-corrected chi connectivity index (χ4v) is 3.07. The van der Waals surface area contributed by atoms with Crippen LogP contribution in [-0.4, -0.2) is 11.5 Å². The molecule has 1 atom stereocenters. The van der Waals surface area contributed by atoms with Crippen LogP contribution < -0.4 is 5.32 Å². The Balaban J connectivity index is 1.60. The lowest BCUT2D eigenvalue weighted by Gasteiger charge is -2.25. The predicted octanol–water partition coefficient (Wildman–Crippen LogP) is 3.60. The second-order valence-corrected chi connectivity index (χ2v) is 5.69. The SMILES string of the molecule is Cc1cccc(CCNC2CCCc3cccnc32)c1. The van der Waals surface area contributed by atoms with E-state index >= 15 is 0 Å². The number of aryl methyl sites for hydroxylation is 2. The highest BCUT2D eigenvalue weighted by atomic mass is 14.9. The monoisotopic (exact) mass is 266 g/mol. The number of benzene rings is 1. The maximum atomic E-state index is 4.58. The molecule has 0 spiro atoms. The largest absolute Gasteiger partial charge is 0.308 e. The molecule has 0 radical (unpaired) electrons. The molecule has 0 bridgehead atoms. The summed E-state index contributed by atoms with van der Waals surface area (Å²) in [4.78, 5) is 4.58. The molecule has 20 heavy (non-hydrogen) atoms. The van der Waals surface area contributed by atoms with Crippen LogP contribution in [0.5, 0.6) is 0 Å². The first-order valence-electron chi connectivity index (χ1n) is 7.55. The fraction of sp³-hybridized carbons (Fsp3) is 0.389. The predicted molar refractivity (Wildman–Crippen MR) is 82.8 cm³/mol. The molecular formula is C18H22N2. The molecule has 2 aromatic rings. The Morgan fingerprint density at radius 2 is 2.20 bits per heavy atom. The van der Waals surface area contributed by atoms with Gasteiger partial charge in [0, 0.05) is 12.2 Å². The Labute approximate surface area is 121 Å². The number of fused-ring (bicyclic) bond motifs is 1. The van der Waals surface area contributed by atoms with Gasteiger partial charge in [-0.05, 0) is 56.3 Å². The lowest BCUT2D eigenvalue weighted by molar-refractivity contribution is 0.451. The van der Waals surface area contributed by atoms with Gasteiger partial charge < -0.3 is 5.32 Å². The number of pyridine rings is 1. The van der Waals surface area contributed by atoms with Crippen LogP contribution in [0.1, 0.15) is 41.3 Å². The molecule has 1 N–H and O–H groups in total. The highest BCUT2D eigenvalue weighted by Gasteiger charge is 2.20. The fourth-order valence-electron chi connectivity index (χ4n) is 3.07. The van der Waals surface area contributed by atoms with E-state index in [-0.39, 0.29) is 0 Å². The molecule has 1 unspecified atom stereocenters. The van der Waals surface area contributed by atoms with Gasteiger partial charge in [0.05, 0.1) is 5.69 Å². The van der Waals surface area contributed by atoms with Crippen LogP contribution in [0, 0.1) is 6.92 Å². The van der Waals surface area contributed by atoms with Crippen LogP contribution in [0.15, 0.2) is 42.6 Å². The molecule has 2 heteroatoms. The molecule has 2 nitrogen and oxygen atoms in total. The van der Waals surface area contributed by atoms with E-state index in [1.165, 1.54) is 41.6 Å². The maximum absolute atomic E-state index is 4.58. The first kappa shape index (κ1) is 13.3. The standard InChI is InChI=1S/C18H22N2/c1-14-5-2-6-15(13-14)10-12-19-17-9-3-7-16-8-4-11-20-18(16)17/h2,4-6,8,11,13,17,19H,3,7,9-10,12H2,1H3. The Hall–Kier alpha value is -1.67. The van der Waals surface area contributed by atoms with Crippen molar-refractivity contribution >= 4 is 0 Å². The van der Waals surface area contributed by atoms with Crippen LogP contribution in [0.25, 0.3) is 0 Å². The third kappa shape index (κ3) is 3.07. The van der Waals surface area contributed by atoms with Gasteiger partial charge in [-0.1, -0.05) is 35.9 Å². The van der Waals surface area contributed by atoms with Gasteiger partial charge in [-0.2, -0.15) is 0 Å². The Bertz CT molecular complexity index is 577. The molecule has 1 heterocycles. The lowest BCUT2D eigenvalue weighted by Crippen LogP contribution is -2.28. The third-order valence-corrected chi connectivity index (χ3v) is 4.08. The molecule has 3 rings (SSSR count). The summed E-state index contributed by atoms with van der Waals surface area (Å²) in [6.45, 7) is 3.17. The van der Waals surface area contributed by atoms with E-state index in [0.717, 1.165) is 13.0 Å². The third-order valence-electron chi connectivity index (χ3n) is 4.08. The minimum atomic E-state index is 0.435. The van der Waals surface area contributed by atoms with Crippen molar-refractivity contribution in [1.29, 1.82) is 0 Å². The van der Waals surface area contributed by atoms with E-state index in [1.54, 1.807) is 0 Å². The molecule has 0 fully saturated rings. The molecule has 0 amide bonds. The molecule has 1 aromatic carbocycles. The summed E-state index contributed by atoms with van der Waals surface area (Å²) < 4.78 is 0. The summed E-state index contributed by atoms with van der Waals surface area (Å²) in [5.41, 5.74) is 5.44. The highest BCUT2D eigenvalue weighted by Crippen LogP contribution is 2.27. The van der Waals surface area contributed by atoms with Gasteiger partial charge in [-0.3, -0.25) is 4.98 Å². The second-order valence-electron chi connectivity index (χ2n) is 5.69. The van der Waals surface area contributed by atoms with Crippen molar-refractivity contribution in [3.8, 4) is 0 Å². The summed E-state index contributed by atoms with van der Waals surface area (Å²) in [5.74, 6) is 0. The normalized spacial score (nSPS) is 17.8. The number of hydrogen-bond acceptors (Lipinski definition) is 2. The topological polar surface area (TPSA) is 24.9 Å². The number of hydrogen-bond donors (Lipinski definition) is 1. The summed E-state index contributed by atoms with van der Waals surface area (Å²) in [6, 6.07) is 13.5. The van der Waals surface area contributed by atoms with Gasteiger partial charge in [-0.15, -0.1) is 0 Å². The van der Waals surface area contributed by atoms with Gasteiger partial charge in [0.1, 0.15) is 0 Å². The summed E-state index contributed by atoms with van der Waals surface area (Å²) in [5, 5.41) is 3.68. The number of nitrogens with zero attached hydrogens (tertiary/aromatic N) is 1. The van der Waals surface area contributed by atoms with E-state index in [2.05, 4.69) is 47.6 Å². The van der Waals surface area contributed by atoms with Crippen LogP contribution >= 0.6 is 0 Å². The average Bonchev–Trinajstić information content (AvgIpc) is 2.48. The Morgan fingerprint density at radius 3 is 3.10 bits per heavy atom. The van der Waals surface area contributed by atoms with Gasteiger partial charge >= 0.3 is 0 Å². The van der Waals surface area contributed by atoms with Crippen molar-refractivity contribution in [2.45, 2.75) is 38.6 Å². The van der Waals surface area contributed by atoms with E-state index < -0.39 is 0 Å². The van der Waals surface area contributed by atoms with Crippen molar-refractivity contribution in [3.05, 3.63) is 65.0 Å².